The van der Waals surface area contributed by atoms with Gasteiger partial charge in [-0.2, -0.15) is 0 Å². The Kier molecular flexibility index (Phi) is 3.64. The molecule has 2 heterocycles. The van der Waals surface area contributed by atoms with Crippen LogP contribution in [0.25, 0.3) is 0 Å². The average Bonchev–Trinajstić information content (AvgIpc) is 2.71. The number of nitrogens with one attached hydrogen (secondary N) is 1. The van der Waals surface area contributed by atoms with Gasteiger partial charge in [0.05, 0.1) is 12.2 Å². The Balaban J connectivity index is 2.06. The molecular formula is C12H17N3O3. The molecular weight excluding hydrogens is 234 g/mol. The van der Waals surface area contributed by atoms with Crippen molar-refractivity contribution in [1.82, 2.24) is 15.4 Å². The Morgan fingerprint density at radius 2 is 2.33 bits per heavy atom. The standard InChI is InChI=1S/C12H17N3O3/c1-3-4-10-12(17)15(7-11(16)13-10)6-9-5-8(2)14-18-9/h5,10H,3-4,6-7H2,1-2H3,(H,13,16). The Morgan fingerprint density at radius 1 is 1.56 bits per heavy atom. The summed E-state index contributed by atoms with van der Waals surface area (Å²) in [5, 5.41) is 6.48. The van der Waals surface area contributed by atoms with Gasteiger partial charge in [-0.3, -0.25) is 9.59 Å². The largest absolute Gasteiger partial charge is 0.359 e. The predicted molar refractivity (Wildman–Crippen MR) is 63.5 cm³/mol. The van der Waals surface area contributed by atoms with Crippen molar-refractivity contribution in [3.8, 4) is 0 Å². The zero-order valence-corrected chi connectivity index (χ0v) is 10.6. The number of piperazine rings is 1. The highest BCUT2D eigenvalue weighted by atomic mass is 16.5. The molecule has 0 aromatic carbocycles. The first-order chi connectivity index (χ1) is 8.60. The summed E-state index contributed by atoms with van der Waals surface area (Å²) in [6.45, 7) is 4.18. The van der Waals surface area contributed by atoms with Crippen LogP contribution in [-0.2, 0) is 16.1 Å². The number of carbonyl (C=O) groups excluding carboxylic acids is 2. The van der Waals surface area contributed by atoms with E-state index in [1.54, 1.807) is 6.07 Å². The fraction of sp³-hybridized carbons (Fsp3) is 0.583. The number of carbonyl (C=O) groups is 2. The minimum atomic E-state index is -0.403. The van der Waals surface area contributed by atoms with Crippen molar-refractivity contribution in [2.75, 3.05) is 6.54 Å². The van der Waals surface area contributed by atoms with E-state index in [2.05, 4.69) is 10.5 Å². The molecule has 1 aliphatic rings. The SMILES string of the molecule is CCCC1NC(=O)CN(Cc2cc(C)no2)C1=O. The molecule has 1 aromatic rings. The number of rotatable bonds is 4. The van der Waals surface area contributed by atoms with Crippen molar-refractivity contribution in [2.45, 2.75) is 39.3 Å². The molecule has 1 N–H and O–H groups in total. The topological polar surface area (TPSA) is 75.4 Å². The van der Waals surface area contributed by atoms with Crippen LogP contribution in [0.15, 0.2) is 10.6 Å². The molecule has 1 fully saturated rings. The second-order valence-electron chi connectivity index (χ2n) is 4.54. The van der Waals surface area contributed by atoms with Gasteiger partial charge in [-0.1, -0.05) is 18.5 Å². The third-order valence-electron chi connectivity index (χ3n) is 2.88. The molecule has 2 amide bonds. The summed E-state index contributed by atoms with van der Waals surface area (Å²) < 4.78 is 5.07. The van der Waals surface area contributed by atoms with Crippen LogP contribution in [0.1, 0.15) is 31.2 Å². The molecule has 6 heteroatoms. The highest BCUT2D eigenvalue weighted by Crippen LogP contribution is 2.12. The molecule has 0 spiro atoms. The van der Waals surface area contributed by atoms with Crippen molar-refractivity contribution in [2.24, 2.45) is 0 Å². The first-order valence-corrected chi connectivity index (χ1v) is 6.10. The summed E-state index contributed by atoms with van der Waals surface area (Å²) in [7, 11) is 0. The molecule has 6 nitrogen and oxygen atoms in total. The third kappa shape index (κ3) is 2.69. The van der Waals surface area contributed by atoms with Crippen LogP contribution in [0.2, 0.25) is 0 Å². The van der Waals surface area contributed by atoms with E-state index < -0.39 is 6.04 Å². The molecule has 2 rings (SSSR count). The maximum Gasteiger partial charge on any atom is 0.246 e. The predicted octanol–water partition coefficient (Wildman–Crippen LogP) is 0.610. The van der Waals surface area contributed by atoms with E-state index >= 15 is 0 Å². The zero-order chi connectivity index (χ0) is 13.1. The van der Waals surface area contributed by atoms with Crippen molar-refractivity contribution in [3.05, 3.63) is 17.5 Å². The maximum atomic E-state index is 12.1. The van der Waals surface area contributed by atoms with Gasteiger partial charge in [0.25, 0.3) is 0 Å². The van der Waals surface area contributed by atoms with Gasteiger partial charge in [0.2, 0.25) is 11.8 Å². The summed E-state index contributed by atoms with van der Waals surface area (Å²) in [4.78, 5) is 25.2. The van der Waals surface area contributed by atoms with E-state index in [-0.39, 0.29) is 18.4 Å². The summed E-state index contributed by atoms with van der Waals surface area (Å²) in [5.41, 5.74) is 0.768. The van der Waals surface area contributed by atoms with Crippen LogP contribution in [0.4, 0.5) is 0 Å². The van der Waals surface area contributed by atoms with Gasteiger partial charge in [-0.25, -0.2) is 0 Å². The monoisotopic (exact) mass is 251 g/mol. The molecule has 1 aromatic heterocycles. The first kappa shape index (κ1) is 12.6. The van der Waals surface area contributed by atoms with Gasteiger partial charge in [-0.05, 0) is 13.3 Å². The number of hydrogen-bond acceptors (Lipinski definition) is 4. The summed E-state index contributed by atoms with van der Waals surface area (Å²) in [6, 6.07) is 1.37. The van der Waals surface area contributed by atoms with Gasteiger partial charge in [-0.15, -0.1) is 0 Å². The number of hydrogen-bond donors (Lipinski definition) is 1. The van der Waals surface area contributed by atoms with Crippen LogP contribution in [0.5, 0.6) is 0 Å². The van der Waals surface area contributed by atoms with E-state index in [1.165, 1.54) is 4.90 Å². The maximum absolute atomic E-state index is 12.1. The molecule has 1 saturated heterocycles. The molecule has 1 atom stereocenters. The molecule has 18 heavy (non-hydrogen) atoms. The number of amides is 2. The smallest absolute Gasteiger partial charge is 0.246 e. The quantitative estimate of drug-likeness (QED) is 0.850. The van der Waals surface area contributed by atoms with Gasteiger partial charge in [0.15, 0.2) is 5.76 Å². The van der Waals surface area contributed by atoms with Crippen LogP contribution in [-0.4, -0.2) is 34.5 Å². The third-order valence-corrected chi connectivity index (χ3v) is 2.88. The average molecular weight is 251 g/mol. The summed E-state index contributed by atoms with van der Waals surface area (Å²) >= 11 is 0. The molecule has 1 unspecified atom stereocenters. The fourth-order valence-electron chi connectivity index (χ4n) is 2.07. The van der Waals surface area contributed by atoms with Crippen molar-refractivity contribution >= 4 is 11.8 Å². The first-order valence-electron chi connectivity index (χ1n) is 6.10. The Labute approximate surface area is 105 Å². The van der Waals surface area contributed by atoms with Gasteiger partial charge >= 0.3 is 0 Å². The zero-order valence-electron chi connectivity index (χ0n) is 10.6. The van der Waals surface area contributed by atoms with Crippen molar-refractivity contribution in [1.29, 1.82) is 0 Å². The molecule has 98 valence electrons. The van der Waals surface area contributed by atoms with Gasteiger partial charge < -0.3 is 14.7 Å². The van der Waals surface area contributed by atoms with Crippen molar-refractivity contribution < 1.29 is 14.1 Å². The van der Waals surface area contributed by atoms with E-state index in [9.17, 15) is 9.59 Å². The lowest BCUT2D eigenvalue weighted by Gasteiger charge is -2.31. The minimum Gasteiger partial charge on any atom is -0.359 e. The normalized spacial score (nSPS) is 20.1. The second kappa shape index (κ2) is 5.20. The van der Waals surface area contributed by atoms with Crippen LogP contribution in [0.3, 0.4) is 0 Å². The molecule has 0 saturated carbocycles. The lowest BCUT2D eigenvalue weighted by molar-refractivity contribution is -0.145. The molecule has 1 aliphatic heterocycles. The Morgan fingerprint density at radius 3 is 2.94 bits per heavy atom. The highest BCUT2D eigenvalue weighted by molar-refractivity contribution is 5.94. The van der Waals surface area contributed by atoms with E-state index in [0.717, 1.165) is 12.1 Å². The minimum absolute atomic E-state index is 0.0505. The second-order valence-corrected chi connectivity index (χ2v) is 4.54. The van der Waals surface area contributed by atoms with E-state index in [4.69, 9.17) is 4.52 Å². The fourth-order valence-corrected chi connectivity index (χ4v) is 2.07. The number of nitrogens with zero attached hydrogens (tertiary/aromatic N) is 2. The Bertz CT molecular complexity index is 455. The van der Waals surface area contributed by atoms with Gasteiger partial charge in [0.1, 0.15) is 12.6 Å². The van der Waals surface area contributed by atoms with Crippen LogP contribution in [0, 0.1) is 6.92 Å². The highest BCUT2D eigenvalue weighted by Gasteiger charge is 2.32. The number of aromatic nitrogens is 1. The Hall–Kier alpha value is -1.85. The molecule has 0 aliphatic carbocycles. The van der Waals surface area contributed by atoms with E-state index in [1.807, 2.05) is 13.8 Å². The summed E-state index contributed by atoms with van der Waals surface area (Å²) in [5.74, 6) is 0.431. The molecule has 0 bridgehead atoms. The van der Waals surface area contributed by atoms with Gasteiger partial charge in [0, 0.05) is 6.07 Å². The van der Waals surface area contributed by atoms with E-state index in [0.29, 0.717) is 18.7 Å². The lowest BCUT2D eigenvalue weighted by atomic mass is 10.1. The van der Waals surface area contributed by atoms with Crippen LogP contribution >= 0.6 is 0 Å². The lowest BCUT2D eigenvalue weighted by Crippen LogP contribution is -2.57. The van der Waals surface area contributed by atoms with Crippen LogP contribution < -0.4 is 5.32 Å². The molecule has 0 radical (unpaired) electrons. The summed E-state index contributed by atoms with van der Waals surface area (Å²) in [6.07, 6.45) is 1.52. The number of aryl methyl sites for hydroxylation is 1. The van der Waals surface area contributed by atoms with Crippen molar-refractivity contribution in [3.63, 3.8) is 0 Å².